The molecule has 0 aliphatic rings. The van der Waals surface area contributed by atoms with E-state index in [4.69, 9.17) is 10.5 Å². The van der Waals surface area contributed by atoms with Crippen LogP contribution in [-0.2, 0) is 5.41 Å². The zero-order chi connectivity index (χ0) is 16.2. The van der Waals surface area contributed by atoms with Crippen molar-refractivity contribution in [1.82, 2.24) is 10.3 Å². The van der Waals surface area contributed by atoms with Crippen LogP contribution in [0.4, 0.5) is 5.82 Å². The van der Waals surface area contributed by atoms with Crippen molar-refractivity contribution >= 4 is 11.7 Å². The number of nitrogens with zero attached hydrogens (tertiary/aromatic N) is 1. The number of nitrogens with two attached hydrogens (primary N) is 1. The molecule has 0 atom stereocenters. The molecule has 0 spiro atoms. The summed E-state index contributed by atoms with van der Waals surface area (Å²) < 4.78 is 5.16. The molecule has 5 nitrogen and oxygen atoms in total. The summed E-state index contributed by atoms with van der Waals surface area (Å²) in [5.74, 6) is 0.834. The second-order valence-electron chi connectivity index (χ2n) is 5.73. The monoisotopic (exact) mass is 299 g/mol. The lowest BCUT2D eigenvalue weighted by Gasteiger charge is -2.26. The molecule has 0 unspecified atom stereocenters. The van der Waals surface area contributed by atoms with E-state index in [1.165, 1.54) is 0 Å². The lowest BCUT2D eigenvalue weighted by atomic mass is 9.84. The number of ether oxygens (including phenoxy) is 1. The average molecular weight is 299 g/mol. The van der Waals surface area contributed by atoms with E-state index in [9.17, 15) is 4.79 Å². The fraction of sp³-hybridized carbons (Fsp3) is 0.294. The molecule has 0 saturated heterocycles. The molecular formula is C17H21N3O2. The number of hydrogen-bond donors (Lipinski definition) is 2. The highest BCUT2D eigenvalue weighted by Crippen LogP contribution is 2.24. The SMILES string of the molecule is COc1ccc(C(C)(C)CNC(=O)c2cccnc2N)cc1. The number of carbonyl (C=O) groups is 1. The van der Waals surface area contributed by atoms with Gasteiger partial charge in [-0.05, 0) is 29.8 Å². The Kier molecular flexibility index (Phi) is 4.65. The number of nitrogen functional groups attached to an aromatic ring is 1. The molecule has 1 aromatic heterocycles. The van der Waals surface area contributed by atoms with E-state index in [0.29, 0.717) is 12.1 Å². The summed E-state index contributed by atoms with van der Waals surface area (Å²) in [5.41, 5.74) is 7.02. The molecule has 0 fully saturated rings. The third-order valence-corrected chi connectivity index (χ3v) is 3.65. The van der Waals surface area contributed by atoms with Gasteiger partial charge in [0.1, 0.15) is 11.6 Å². The number of benzene rings is 1. The van der Waals surface area contributed by atoms with Gasteiger partial charge < -0.3 is 15.8 Å². The Labute approximate surface area is 130 Å². The van der Waals surface area contributed by atoms with Gasteiger partial charge in [-0.15, -0.1) is 0 Å². The Morgan fingerprint density at radius 1 is 1.27 bits per heavy atom. The maximum Gasteiger partial charge on any atom is 0.255 e. The lowest BCUT2D eigenvalue weighted by Crippen LogP contribution is -2.37. The number of rotatable bonds is 5. The molecule has 1 heterocycles. The van der Waals surface area contributed by atoms with Crippen LogP contribution < -0.4 is 15.8 Å². The van der Waals surface area contributed by atoms with Crippen molar-refractivity contribution in [2.24, 2.45) is 0 Å². The fourth-order valence-electron chi connectivity index (χ4n) is 2.15. The minimum atomic E-state index is -0.216. The zero-order valence-electron chi connectivity index (χ0n) is 13.1. The number of nitrogens with one attached hydrogen (secondary N) is 1. The van der Waals surface area contributed by atoms with Crippen molar-refractivity contribution in [3.05, 3.63) is 53.7 Å². The highest BCUT2D eigenvalue weighted by molar-refractivity contribution is 5.98. The quantitative estimate of drug-likeness (QED) is 0.888. The van der Waals surface area contributed by atoms with E-state index in [0.717, 1.165) is 11.3 Å². The third-order valence-electron chi connectivity index (χ3n) is 3.65. The Morgan fingerprint density at radius 3 is 2.55 bits per heavy atom. The minimum Gasteiger partial charge on any atom is -0.497 e. The minimum absolute atomic E-state index is 0.209. The van der Waals surface area contributed by atoms with E-state index in [1.54, 1.807) is 25.4 Å². The van der Waals surface area contributed by atoms with Gasteiger partial charge in [0.2, 0.25) is 0 Å². The number of pyridine rings is 1. The van der Waals surface area contributed by atoms with Crippen LogP contribution in [-0.4, -0.2) is 24.5 Å². The highest BCUT2D eigenvalue weighted by Gasteiger charge is 2.22. The van der Waals surface area contributed by atoms with Crippen molar-refractivity contribution in [1.29, 1.82) is 0 Å². The van der Waals surface area contributed by atoms with Gasteiger partial charge in [-0.1, -0.05) is 26.0 Å². The maximum atomic E-state index is 12.2. The molecule has 22 heavy (non-hydrogen) atoms. The van der Waals surface area contributed by atoms with Crippen LogP contribution >= 0.6 is 0 Å². The first-order chi connectivity index (χ1) is 10.4. The van der Waals surface area contributed by atoms with Crippen molar-refractivity contribution in [3.8, 4) is 5.75 Å². The van der Waals surface area contributed by atoms with Crippen LogP contribution in [0, 0.1) is 0 Å². The van der Waals surface area contributed by atoms with Crippen LogP contribution in [0.1, 0.15) is 29.8 Å². The van der Waals surface area contributed by atoms with Crippen LogP contribution in [0.2, 0.25) is 0 Å². The van der Waals surface area contributed by atoms with Crippen molar-refractivity contribution in [3.63, 3.8) is 0 Å². The Morgan fingerprint density at radius 2 is 1.95 bits per heavy atom. The average Bonchev–Trinajstić information content (AvgIpc) is 2.53. The van der Waals surface area contributed by atoms with E-state index < -0.39 is 0 Å². The number of amides is 1. The number of hydrogen-bond acceptors (Lipinski definition) is 4. The molecule has 2 rings (SSSR count). The third kappa shape index (κ3) is 3.55. The van der Waals surface area contributed by atoms with Gasteiger partial charge in [-0.3, -0.25) is 4.79 Å². The number of carbonyl (C=O) groups excluding carboxylic acids is 1. The Balaban J connectivity index is 2.05. The van der Waals surface area contributed by atoms with Crippen LogP contribution in [0.3, 0.4) is 0 Å². The smallest absolute Gasteiger partial charge is 0.255 e. The van der Waals surface area contributed by atoms with Gasteiger partial charge >= 0.3 is 0 Å². The van der Waals surface area contributed by atoms with Gasteiger partial charge in [0, 0.05) is 18.2 Å². The second-order valence-corrected chi connectivity index (χ2v) is 5.73. The van der Waals surface area contributed by atoms with Crippen LogP contribution in [0.15, 0.2) is 42.6 Å². The molecule has 0 bridgehead atoms. The molecule has 0 radical (unpaired) electrons. The van der Waals surface area contributed by atoms with Gasteiger partial charge in [0.25, 0.3) is 5.91 Å². The van der Waals surface area contributed by atoms with Gasteiger partial charge in [-0.25, -0.2) is 4.98 Å². The molecule has 0 saturated carbocycles. The summed E-state index contributed by atoms with van der Waals surface area (Å²) in [4.78, 5) is 16.1. The van der Waals surface area contributed by atoms with Crippen molar-refractivity contribution in [2.75, 3.05) is 19.4 Å². The van der Waals surface area contributed by atoms with Gasteiger partial charge in [-0.2, -0.15) is 0 Å². The zero-order valence-corrected chi connectivity index (χ0v) is 13.1. The lowest BCUT2D eigenvalue weighted by molar-refractivity contribution is 0.0946. The summed E-state index contributed by atoms with van der Waals surface area (Å²) >= 11 is 0. The largest absolute Gasteiger partial charge is 0.497 e. The summed E-state index contributed by atoms with van der Waals surface area (Å²) in [5, 5.41) is 2.92. The van der Waals surface area contributed by atoms with Gasteiger partial charge in [0.05, 0.1) is 12.7 Å². The number of methoxy groups -OCH3 is 1. The van der Waals surface area contributed by atoms with Crippen LogP contribution in [0.25, 0.3) is 0 Å². The fourth-order valence-corrected chi connectivity index (χ4v) is 2.15. The molecule has 1 aromatic carbocycles. The normalized spacial score (nSPS) is 11.0. The predicted molar refractivity (Wildman–Crippen MR) is 87.0 cm³/mol. The summed E-state index contributed by atoms with van der Waals surface area (Å²) in [6, 6.07) is 11.2. The standard InChI is InChI=1S/C17H21N3O2/c1-17(2,12-6-8-13(22-3)9-7-12)11-20-16(21)14-5-4-10-19-15(14)18/h4-10H,11H2,1-3H3,(H2,18,19)(H,20,21). The van der Waals surface area contributed by atoms with Crippen molar-refractivity contribution in [2.45, 2.75) is 19.3 Å². The van der Waals surface area contributed by atoms with E-state index in [-0.39, 0.29) is 17.1 Å². The first-order valence-electron chi connectivity index (χ1n) is 7.07. The van der Waals surface area contributed by atoms with E-state index in [2.05, 4.69) is 24.1 Å². The molecule has 2 aromatic rings. The number of anilines is 1. The summed E-state index contributed by atoms with van der Waals surface area (Å²) in [6.45, 7) is 4.63. The summed E-state index contributed by atoms with van der Waals surface area (Å²) in [6.07, 6.45) is 1.56. The van der Waals surface area contributed by atoms with Crippen molar-refractivity contribution < 1.29 is 9.53 Å². The molecular weight excluding hydrogens is 278 g/mol. The topological polar surface area (TPSA) is 77.2 Å². The van der Waals surface area contributed by atoms with E-state index in [1.807, 2.05) is 24.3 Å². The summed E-state index contributed by atoms with van der Waals surface area (Å²) in [7, 11) is 1.64. The Hall–Kier alpha value is -2.56. The maximum absolute atomic E-state index is 12.2. The van der Waals surface area contributed by atoms with E-state index >= 15 is 0 Å². The Bertz CT molecular complexity index is 651. The molecule has 3 N–H and O–H groups in total. The molecule has 0 aliphatic carbocycles. The molecule has 5 heteroatoms. The first-order valence-corrected chi connectivity index (χ1v) is 7.07. The highest BCUT2D eigenvalue weighted by atomic mass is 16.5. The molecule has 0 aliphatic heterocycles. The predicted octanol–water partition coefficient (Wildman–Crippen LogP) is 2.38. The molecule has 116 valence electrons. The van der Waals surface area contributed by atoms with Gasteiger partial charge in [0.15, 0.2) is 0 Å². The number of aromatic nitrogens is 1. The van der Waals surface area contributed by atoms with Crippen LogP contribution in [0.5, 0.6) is 5.75 Å². The molecule has 1 amide bonds. The second kappa shape index (κ2) is 6.47. The first kappa shape index (κ1) is 15.8.